The van der Waals surface area contributed by atoms with Gasteiger partial charge in [-0.3, -0.25) is 10.1 Å². The van der Waals surface area contributed by atoms with E-state index in [0.717, 1.165) is 5.56 Å². The van der Waals surface area contributed by atoms with Gasteiger partial charge in [0.05, 0.1) is 16.6 Å². The second-order valence-electron chi connectivity index (χ2n) is 4.89. The van der Waals surface area contributed by atoms with E-state index in [1.165, 1.54) is 0 Å². The number of nitro groups is 1. The molecule has 2 aromatic carbocycles. The maximum atomic E-state index is 11.3. The summed E-state index contributed by atoms with van der Waals surface area (Å²) in [6.07, 6.45) is 1.62. The Kier molecular flexibility index (Phi) is 4.72. The summed E-state index contributed by atoms with van der Waals surface area (Å²) in [5.74, 6) is 0.703. The molecule has 0 unspecified atom stereocenters. The smallest absolute Gasteiger partial charge is 0.277 e. The van der Waals surface area contributed by atoms with Gasteiger partial charge in [-0.2, -0.15) is 0 Å². The zero-order chi connectivity index (χ0) is 15.2. The third-order valence-corrected chi connectivity index (χ3v) is 2.80. The topological polar surface area (TPSA) is 52.4 Å². The third kappa shape index (κ3) is 4.18. The zero-order valence-electron chi connectivity index (χ0n) is 12.0. The van der Waals surface area contributed by atoms with Crippen LogP contribution in [0.3, 0.4) is 0 Å². The van der Waals surface area contributed by atoms with E-state index in [9.17, 15) is 10.1 Å². The zero-order valence-corrected chi connectivity index (χ0v) is 12.0. The minimum atomic E-state index is -0.370. The second-order valence-corrected chi connectivity index (χ2v) is 4.89. The lowest BCUT2D eigenvalue weighted by Gasteiger charge is -2.09. The summed E-state index contributed by atoms with van der Waals surface area (Å²) in [6, 6.07) is 16.1. The van der Waals surface area contributed by atoms with Crippen molar-refractivity contribution in [2.45, 2.75) is 20.0 Å². The van der Waals surface area contributed by atoms with Crippen LogP contribution in [-0.4, -0.2) is 11.0 Å². The number of hydrogen-bond acceptors (Lipinski definition) is 3. The molecule has 0 aliphatic carbocycles. The van der Waals surface area contributed by atoms with Crippen LogP contribution in [0, 0.1) is 10.1 Å². The van der Waals surface area contributed by atoms with E-state index in [-0.39, 0.29) is 16.7 Å². The molecule has 0 spiro atoms. The maximum Gasteiger partial charge on any atom is 0.277 e. The molecule has 2 aromatic rings. The lowest BCUT2D eigenvalue weighted by Crippen LogP contribution is -2.05. The van der Waals surface area contributed by atoms with Crippen molar-refractivity contribution in [1.82, 2.24) is 0 Å². The van der Waals surface area contributed by atoms with Crippen molar-refractivity contribution in [3.63, 3.8) is 0 Å². The molecule has 4 nitrogen and oxygen atoms in total. The molecular weight excluding hydrogens is 266 g/mol. The van der Waals surface area contributed by atoms with Crippen LogP contribution in [0.25, 0.3) is 11.8 Å². The molecule has 0 atom stereocenters. The molecule has 0 aromatic heterocycles. The van der Waals surface area contributed by atoms with Gasteiger partial charge in [0.25, 0.3) is 5.70 Å². The highest BCUT2D eigenvalue weighted by molar-refractivity contribution is 5.76. The van der Waals surface area contributed by atoms with Crippen molar-refractivity contribution in [3.8, 4) is 5.75 Å². The van der Waals surface area contributed by atoms with Gasteiger partial charge < -0.3 is 4.74 Å². The molecule has 0 bridgehead atoms. The van der Waals surface area contributed by atoms with E-state index in [2.05, 4.69) is 0 Å². The first-order chi connectivity index (χ1) is 10.1. The first kappa shape index (κ1) is 14.8. The Bertz CT molecular complexity index is 648. The van der Waals surface area contributed by atoms with Gasteiger partial charge in [0.2, 0.25) is 0 Å². The van der Waals surface area contributed by atoms with E-state index in [4.69, 9.17) is 4.74 Å². The summed E-state index contributed by atoms with van der Waals surface area (Å²) < 4.78 is 5.60. The predicted molar refractivity (Wildman–Crippen MR) is 83.5 cm³/mol. The number of ether oxygens (including phenoxy) is 1. The van der Waals surface area contributed by atoms with Crippen LogP contribution in [0.15, 0.2) is 54.6 Å². The Morgan fingerprint density at radius 1 is 1.14 bits per heavy atom. The largest absolute Gasteiger partial charge is 0.491 e. The van der Waals surface area contributed by atoms with Crippen molar-refractivity contribution in [3.05, 3.63) is 75.8 Å². The van der Waals surface area contributed by atoms with Gasteiger partial charge in [0, 0.05) is 6.08 Å². The first-order valence-electron chi connectivity index (χ1n) is 6.74. The molecule has 0 aliphatic heterocycles. The van der Waals surface area contributed by atoms with Gasteiger partial charge in [-0.1, -0.05) is 30.3 Å². The van der Waals surface area contributed by atoms with E-state index >= 15 is 0 Å². The van der Waals surface area contributed by atoms with Crippen molar-refractivity contribution in [1.29, 1.82) is 0 Å². The van der Waals surface area contributed by atoms with Gasteiger partial charge in [0.15, 0.2) is 0 Å². The summed E-state index contributed by atoms with van der Waals surface area (Å²) >= 11 is 0. The molecule has 0 aliphatic rings. The number of benzene rings is 2. The molecule has 21 heavy (non-hydrogen) atoms. The second kappa shape index (κ2) is 6.70. The summed E-state index contributed by atoms with van der Waals surface area (Å²) in [7, 11) is 0. The summed E-state index contributed by atoms with van der Waals surface area (Å²) in [5, 5.41) is 11.3. The first-order valence-corrected chi connectivity index (χ1v) is 6.74. The van der Waals surface area contributed by atoms with Crippen LogP contribution >= 0.6 is 0 Å². The fourth-order valence-corrected chi connectivity index (χ4v) is 1.96. The number of nitrogens with zero attached hydrogens (tertiary/aromatic N) is 1. The maximum absolute atomic E-state index is 11.3. The average Bonchev–Trinajstić information content (AvgIpc) is 2.45. The molecule has 0 heterocycles. The molecule has 0 amide bonds. The van der Waals surface area contributed by atoms with Crippen molar-refractivity contribution in [2.75, 3.05) is 0 Å². The molecule has 2 rings (SSSR count). The van der Waals surface area contributed by atoms with E-state index < -0.39 is 0 Å². The minimum Gasteiger partial charge on any atom is -0.491 e. The third-order valence-electron chi connectivity index (χ3n) is 2.80. The Morgan fingerprint density at radius 2 is 1.86 bits per heavy atom. The molecule has 0 saturated heterocycles. The van der Waals surface area contributed by atoms with Crippen LogP contribution in [0.2, 0.25) is 0 Å². The van der Waals surface area contributed by atoms with Gasteiger partial charge in [-0.25, -0.2) is 0 Å². The monoisotopic (exact) mass is 283 g/mol. The lowest BCUT2D eigenvalue weighted by atomic mass is 10.1. The standard InChI is InChI=1S/C17H17NO3/c1-13(2)21-16-10-6-7-14(11-16)12-17(18(19)20)15-8-4-3-5-9-15/h3-13H,1-2H3. The molecule has 4 heteroatoms. The highest BCUT2D eigenvalue weighted by Crippen LogP contribution is 2.21. The van der Waals surface area contributed by atoms with E-state index in [1.807, 2.05) is 38.1 Å². The Labute approximate surface area is 123 Å². The van der Waals surface area contributed by atoms with Crippen molar-refractivity contribution >= 4 is 11.8 Å². The molecule has 0 radical (unpaired) electrons. The van der Waals surface area contributed by atoms with E-state index in [1.54, 1.807) is 36.4 Å². The van der Waals surface area contributed by atoms with Crippen LogP contribution < -0.4 is 4.74 Å². The minimum absolute atomic E-state index is 0.0633. The number of hydrogen-bond donors (Lipinski definition) is 0. The lowest BCUT2D eigenvalue weighted by molar-refractivity contribution is -0.374. The Hall–Kier alpha value is -2.62. The molecule has 0 saturated carbocycles. The molecule has 0 N–H and O–H groups in total. The fraction of sp³-hybridized carbons (Fsp3) is 0.176. The van der Waals surface area contributed by atoms with Crippen molar-refractivity contribution < 1.29 is 9.66 Å². The van der Waals surface area contributed by atoms with Gasteiger partial charge in [-0.05, 0) is 43.7 Å². The molecule has 108 valence electrons. The van der Waals surface area contributed by atoms with Gasteiger partial charge in [0.1, 0.15) is 5.75 Å². The van der Waals surface area contributed by atoms with Crippen LogP contribution in [0.1, 0.15) is 25.0 Å². The Balaban J connectivity index is 2.37. The fourth-order valence-electron chi connectivity index (χ4n) is 1.96. The summed E-state index contributed by atoms with van der Waals surface area (Å²) in [5.41, 5.74) is 1.39. The summed E-state index contributed by atoms with van der Waals surface area (Å²) in [6.45, 7) is 3.88. The molecule has 0 fully saturated rings. The van der Waals surface area contributed by atoms with Crippen LogP contribution in [0.4, 0.5) is 0 Å². The highest BCUT2D eigenvalue weighted by atomic mass is 16.6. The summed E-state index contributed by atoms with van der Waals surface area (Å²) in [4.78, 5) is 10.9. The average molecular weight is 283 g/mol. The SMILES string of the molecule is CC(C)Oc1cccc(C=C(c2ccccc2)[N+](=O)[O-])c1. The molecular formula is C17H17NO3. The highest BCUT2D eigenvalue weighted by Gasteiger charge is 2.13. The van der Waals surface area contributed by atoms with Gasteiger partial charge >= 0.3 is 0 Å². The predicted octanol–water partition coefficient (Wildman–Crippen LogP) is 4.25. The van der Waals surface area contributed by atoms with Crippen LogP contribution in [0.5, 0.6) is 5.75 Å². The Morgan fingerprint density at radius 3 is 2.48 bits per heavy atom. The number of rotatable bonds is 5. The quantitative estimate of drug-likeness (QED) is 0.468. The van der Waals surface area contributed by atoms with Crippen LogP contribution in [-0.2, 0) is 0 Å². The van der Waals surface area contributed by atoms with E-state index in [0.29, 0.717) is 11.3 Å². The normalized spacial score (nSPS) is 11.5. The van der Waals surface area contributed by atoms with Gasteiger partial charge in [-0.15, -0.1) is 0 Å². The van der Waals surface area contributed by atoms with Crippen molar-refractivity contribution in [2.24, 2.45) is 0 Å².